The van der Waals surface area contributed by atoms with Gasteiger partial charge in [0.05, 0.1) is 0 Å². The van der Waals surface area contributed by atoms with E-state index < -0.39 is 5.97 Å². The van der Waals surface area contributed by atoms with Gasteiger partial charge in [-0.3, -0.25) is 4.79 Å². The number of carbonyl (C=O) groups excluding carboxylic acids is 1. The lowest BCUT2D eigenvalue weighted by molar-refractivity contribution is -0.114. The average Bonchev–Trinajstić information content (AvgIpc) is 2.71. The van der Waals surface area contributed by atoms with Crippen LogP contribution in [0.5, 0.6) is 0 Å². The highest BCUT2D eigenvalue weighted by Gasteiger charge is 2.13. The lowest BCUT2D eigenvalue weighted by Gasteiger charge is -2.04. The largest absolute Gasteiger partial charge is 0.478 e. The van der Waals surface area contributed by atoms with Gasteiger partial charge in [0.1, 0.15) is 11.4 Å². The van der Waals surface area contributed by atoms with E-state index in [-0.39, 0.29) is 17.3 Å². The number of benzene rings is 1. The summed E-state index contributed by atoms with van der Waals surface area (Å²) < 4.78 is 0. The molecule has 2 aromatic rings. The van der Waals surface area contributed by atoms with Crippen LogP contribution in [-0.2, 0) is 4.79 Å². The molecule has 0 aliphatic heterocycles. The molecule has 0 saturated heterocycles. The van der Waals surface area contributed by atoms with Gasteiger partial charge in [-0.2, -0.15) is 0 Å². The summed E-state index contributed by atoms with van der Waals surface area (Å²) in [5, 5.41) is 11.6. The summed E-state index contributed by atoms with van der Waals surface area (Å²) in [6.45, 7) is 1.42. The Morgan fingerprint density at radius 3 is 2.63 bits per heavy atom. The van der Waals surface area contributed by atoms with Crippen molar-refractivity contribution in [3.05, 3.63) is 35.9 Å². The number of nitrogen functional groups attached to an aromatic ring is 1. The van der Waals surface area contributed by atoms with E-state index in [0.29, 0.717) is 11.4 Å². The summed E-state index contributed by atoms with van der Waals surface area (Å²) in [7, 11) is 0. The second-order valence-corrected chi connectivity index (χ2v) is 4.08. The molecule has 0 saturated carbocycles. The summed E-state index contributed by atoms with van der Waals surface area (Å²) in [5.74, 6) is -1.15. The zero-order valence-corrected chi connectivity index (χ0v) is 10.2. The Labute approximate surface area is 109 Å². The van der Waals surface area contributed by atoms with E-state index in [1.54, 1.807) is 24.3 Å². The number of amides is 1. The molecule has 6 nitrogen and oxygen atoms in total. The quantitative estimate of drug-likeness (QED) is 0.675. The van der Waals surface area contributed by atoms with E-state index in [0.717, 1.165) is 5.56 Å². The van der Waals surface area contributed by atoms with Crippen LogP contribution >= 0.6 is 0 Å². The maximum atomic E-state index is 11.0. The molecule has 98 valence electrons. The van der Waals surface area contributed by atoms with Crippen LogP contribution in [0.25, 0.3) is 11.3 Å². The molecule has 0 aliphatic carbocycles. The third-order valence-electron chi connectivity index (χ3n) is 2.57. The number of carbonyl (C=O) groups is 2. The third kappa shape index (κ3) is 2.74. The summed E-state index contributed by atoms with van der Waals surface area (Å²) in [5.41, 5.74) is 7.58. The van der Waals surface area contributed by atoms with Gasteiger partial charge in [0, 0.05) is 23.9 Å². The highest BCUT2D eigenvalue weighted by atomic mass is 16.4. The van der Waals surface area contributed by atoms with Gasteiger partial charge in [-0.1, -0.05) is 12.1 Å². The Morgan fingerprint density at radius 2 is 2.05 bits per heavy atom. The van der Waals surface area contributed by atoms with Crippen molar-refractivity contribution in [2.45, 2.75) is 6.92 Å². The van der Waals surface area contributed by atoms with Gasteiger partial charge < -0.3 is 21.1 Å². The Balaban J connectivity index is 2.39. The molecule has 0 radical (unpaired) electrons. The maximum Gasteiger partial charge on any atom is 0.339 e. The SMILES string of the molecule is CC(=O)Nc1cccc(-c2cc(C(=O)O)c(N)[nH]2)c1. The minimum Gasteiger partial charge on any atom is -0.478 e. The van der Waals surface area contributed by atoms with Crippen molar-refractivity contribution in [3.8, 4) is 11.3 Å². The molecular weight excluding hydrogens is 246 g/mol. The topological polar surface area (TPSA) is 108 Å². The number of aromatic carboxylic acids is 1. The monoisotopic (exact) mass is 259 g/mol. The minimum absolute atomic E-state index is 0.0277. The summed E-state index contributed by atoms with van der Waals surface area (Å²) >= 11 is 0. The molecule has 0 aliphatic rings. The molecule has 0 bridgehead atoms. The van der Waals surface area contributed by atoms with Crippen LogP contribution in [0.4, 0.5) is 11.5 Å². The predicted octanol–water partition coefficient (Wildman–Crippen LogP) is 1.92. The number of carboxylic acid groups (broad SMARTS) is 1. The van der Waals surface area contributed by atoms with Crippen molar-refractivity contribution in [2.75, 3.05) is 11.1 Å². The molecule has 2 rings (SSSR count). The summed E-state index contributed by atoms with van der Waals surface area (Å²) in [6, 6.07) is 8.50. The molecule has 19 heavy (non-hydrogen) atoms. The summed E-state index contributed by atoms with van der Waals surface area (Å²) in [4.78, 5) is 24.7. The van der Waals surface area contributed by atoms with Gasteiger partial charge in [0.15, 0.2) is 0 Å². The first-order valence-corrected chi connectivity index (χ1v) is 5.57. The van der Waals surface area contributed by atoms with Crippen LogP contribution in [-0.4, -0.2) is 22.0 Å². The van der Waals surface area contributed by atoms with Crippen LogP contribution in [0.3, 0.4) is 0 Å². The van der Waals surface area contributed by atoms with E-state index in [1.165, 1.54) is 13.0 Å². The number of rotatable bonds is 3. The van der Waals surface area contributed by atoms with Crippen LogP contribution in [0, 0.1) is 0 Å². The van der Waals surface area contributed by atoms with E-state index >= 15 is 0 Å². The molecule has 0 spiro atoms. The van der Waals surface area contributed by atoms with Crippen molar-refractivity contribution >= 4 is 23.4 Å². The highest BCUT2D eigenvalue weighted by molar-refractivity contribution is 5.95. The average molecular weight is 259 g/mol. The Hall–Kier alpha value is -2.76. The van der Waals surface area contributed by atoms with E-state index in [1.807, 2.05) is 0 Å². The van der Waals surface area contributed by atoms with Crippen molar-refractivity contribution in [1.29, 1.82) is 0 Å². The third-order valence-corrected chi connectivity index (χ3v) is 2.57. The zero-order valence-electron chi connectivity index (χ0n) is 10.2. The van der Waals surface area contributed by atoms with Crippen LogP contribution in [0.1, 0.15) is 17.3 Å². The minimum atomic E-state index is -1.09. The van der Waals surface area contributed by atoms with Crippen molar-refractivity contribution < 1.29 is 14.7 Å². The number of aromatic amines is 1. The first-order valence-electron chi connectivity index (χ1n) is 5.57. The molecule has 6 heteroatoms. The number of anilines is 2. The van der Waals surface area contributed by atoms with Crippen LogP contribution in [0.15, 0.2) is 30.3 Å². The van der Waals surface area contributed by atoms with E-state index in [9.17, 15) is 9.59 Å². The molecule has 0 fully saturated rings. The number of nitrogens with one attached hydrogen (secondary N) is 2. The second kappa shape index (κ2) is 4.85. The lowest BCUT2D eigenvalue weighted by atomic mass is 10.1. The fraction of sp³-hybridized carbons (Fsp3) is 0.0769. The van der Waals surface area contributed by atoms with E-state index in [4.69, 9.17) is 10.8 Å². The zero-order chi connectivity index (χ0) is 14.0. The van der Waals surface area contributed by atoms with Crippen LogP contribution in [0.2, 0.25) is 0 Å². The molecule has 1 aromatic carbocycles. The first kappa shape index (κ1) is 12.7. The standard InChI is InChI=1S/C13H13N3O3/c1-7(17)15-9-4-2-3-8(5-9)11-6-10(13(18)19)12(14)16-11/h2-6,16H,14H2,1H3,(H,15,17)(H,18,19). The number of carboxylic acids is 1. The van der Waals surface area contributed by atoms with Crippen LogP contribution < -0.4 is 11.1 Å². The second-order valence-electron chi connectivity index (χ2n) is 4.08. The molecular formula is C13H13N3O3. The molecule has 1 aromatic heterocycles. The van der Waals surface area contributed by atoms with Crippen molar-refractivity contribution in [1.82, 2.24) is 4.98 Å². The van der Waals surface area contributed by atoms with Gasteiger partial charge in [-0.25, -0.2) is 4.79 Å². The fourth-order valence-corrected chi connectivity index (χ4v) is 1.77. The van der Waals surface area contributed by atoms with Crippen molar-refractivity contribution in [2.24, 2.45) is 0 Å². The van der Waals surface area contributed by atoms with Crippen molar-refractivity contribution in [3.63, 3.8) is 0 Å². The number of hydrogen-bond donors (Lipinski definition) is 4. The lowest BCUT2D eigenvalue weighted by Crippen LogP contribution is -2.05. The first-order chi connectivity index (χ1) is 8.97. The molecule has 0 atom stereocenters. The van der Waals surface area contributed by atoms with E-state index in [2.05, 4.69) is 10.3 Å². The van der Waals surface area contributed by atoms with Gasteiger partial charge >= 0.3 is 5.97 Å². The number of H-pyrrole nitrogens is 1. The summed E-state index contributed by atoms with van der Waals surface area (Å²) in [6.07, 6.45) is 0. The number of hydrogen-bond acceptors (Lipinski definition) is 3. The van der Waals surface area contributed by atoms with Gasteiger partial charge in [-0.15, -0.1) is 0 Å². The normalized spacial score (nSPS) is 10.2. The van der Waals surface area contributed by atoms with Gasteiger partial charge in [-0.05, 0) is 18.2 Å². The molecule has 1 amide bonds. The van der Waals surface area contributed by atoms with Gasteiger partial charge in [0.2, 0.25) is 5.91 Å². The Bertz CT molecular complexity index is 646. The Morgan fingerprint density at radius 1 is 1.32 bits per heavy atom. The fourth-order valence-electron chi connectivity index (χ4n) is 1.77. The molecule has 5 N–H and O–H groups in total. The number of aromatic nitrogens is 1. The molecule has 1 heterocycles. The predicted molar refractivity (Wildman–Crippen MR) is 71.9 cm³/mol. The smallest absolute Gasteiger partial charge is 0.339 e. The Kier molecular flexibility index (Phi) is 3.24. The maximum absolute atomic E-state index is 11.0. The highest BCUT2D eigenvalue weighted by Crippen LogP contribution is 2.25. The molecule has 0 unspecified atom stereocenters. The number of nitrogens with two attached hydrogens (primary N) is 1. The van der Waals surface area contributed by atoms with Gasteiger partial charge in [0.25, 0.3) is 0 Å².